The first kappa shape index (κ1) is 12.0. The van der Waals surface area contributed by atoms with Crippen LogP contribution >= 0.6 is 30.6 Å². The zero-order valence-corrected chi connectivity index (χ0v) is 13.4. The Morgan fingerprint density at radius 2 is 1.89 bits per heavy atom. The smallest absolute Gasteiger partial charge is 0.135 e. The van der Waals surface area contributed by atoms with Crippen LogP contribution in [0.15, 0.2) is 47.4 Å². The van der Waals surface area contributed by atoms with Crippen LogP contribution in [0, 0.1) is 11.9 Å². The number of thiophene rings is 1. The van der Waals surface area contributed by atoms with E-state index in [2.05, 4.69) is 56.3 Å². The summed E-state index contributed by atoms with van der Waals surface area (Å²) in [6.45, 7) is 4.48. The molecule has 4 rings (SSSR count). The van der Waals surface area contributed by atoms with Gasteiger partial charge in [-0.2, -0.15) is 0 Å². The summed E-state index contributed by atoms with van der Waals surface area (Å²) in [5.41, 5.74) is 0.643. The highest BCUT2D eigenvalue weighted by Crippen LogP contribution is 2.52. The summed E-state index contributed by atoms with van der Waals surface area (Å²) < 4.78 is 1.57. The first-order valence-electron chi connectivity index (χ1n) is 6.42. The zero-order valence-electron chi connectivity index (χ0n) is 10.9. The summed E-state index contributed by atoms with van der Waals surface area (Å²) >= 11 is 3.97. The molecule has 0 nitrogen and oxygen atoms in total. The maximum atomic E-state index is 2.49. The fraction of sp³-hybridized carbons (Fsp3) is 0.188. The van der Waals surface area contributed by atoms with Crippen LogP contribution in [0.4, 0.5) is 0 Å². The molecule has 94 valence electrons. The summed E-state index contributed by atoms with van der Waals surface area (Å²) in [4.78, 5) is 6.14. The largest absolute Gasteiger partial charge is 0.174 e. The van der Waals surface area contributed by atoms with Crippen LogP contribution in [-0.2, 0) is 0 Å². The van der Waals surface area contributed by atoms with E-state index in [1.807, 2.05) is 23.1 Å². The van der Waals surface area contributed by atoms with Gasteiger partial charge >= 0.3 is 0 Å². The number of fused-ring (bicyclic) bond motifs is 2. The molecular weight excluding hydrogens is 287 g/mol. The Bertz CT molecular complexity index is 812. The van der Waals surface area contributed by atoms with E-state index >= 15 is 0 Å². The van der Waals surface area contributed by atoms with Crippen molar-refractivity contribution in [3.05, 3.63) is 61.7 Å². The van der Waals surface area contributed by atoms with Gasteiger partial charge in [0.25, 0.3) is 0 Å². The van der Waals surface area contributed by atoms with Crippen molar-refractivity contribution in [1.82, 2.24) is 0 Å². The Balaban J connectivity index is 2.08. The van der Waals surface area contributed by atoms with Gasteiger partial charge in [0.15, 0.2) is 18.1 Å². The molecule has 3 heteroatoms. The lowest BCUT2D eigenvalue weighted by Crippen LogP contribution is -2.04. The number of hydrogen-bond donors (Lipinski definition) is 0. The van der Waals surface area contributed by atoms with E-state index in [0.29, 0.717) is 5.66 Å². The molecule has 2 aliphatic heterocycles. The molecule has 0 N–H and O–H groups in total. The number of allylic oxidation sites excluding steroid dienone is 2. The van der Waals surface area contributed by atoms with Crippen molar-refractivity contribution in [2.75, 3.05) is 0 Å². The predicted molar refractivity (Wildman–Crippen MR) is 89.1 cm³/mol. The maximum absolute atomic E-state index is 2.49. The molecule has 0 spiro atoms. The molecule has 2 aromatic rings. The second-order valence-corrected chi connectivity index (χ2v) is 9.80. The molecule has 1 aromatic carbocycles. The average Bonchev–Trinajstić information content (AvgIpc) is 3.00. The van der Waals surface area contributed by atoms with Gasteiger partial charge in [-0.3, -0.25) is 0 Å². The summed E-state index contributed by atoms with van der Waals surface area (Å²) in [5, 5.41) is 1.52. The molecule has 0 amide bonds. The van der Waals surface area contributed by atoms with Crippen LogP contribution in [0.3, 0.4) is 0 Å². The molecule has 2 unspecified atom stereocenters. The number of benzene rings is 1. The number of rotatable bonds is 1. The van der Waals surface area contributed by atoms with E-state index in [9.17, 15) is 0 Å². The van der Waals surface area contributed by atoms with Crippen molar-refractivity contribution in [2.45, 2.75) is 19.5 Å². The Labute approximate surface area is 122 Å². The molecule has 0 bridgehead atoms. The molecular formula is C16H14PS2+. The third kappa shape index (κ3) is 1.78. The third-order valence-corrected chi connectivity index (χ3v) is 8.93. The molecule has 3 heterocycles. The Hall–Kier alpha value is -0.820. The predicted octanol–water partition coefficient (Wildman–Crippen LogP) is 4.26. The van der Waals surface area contributed by atoms with Crippen LogP contribution < -0.4 is 9.84 Å². The minimum atomic E-state index is -0.226. The molecule has 0 radical (unpaired) electrons. The highest BCUT2D eigenvalue weighted by Gasteiger charge is 2.40. The van der Waals surface area contributed by atoms with Gasteiger partial charge in [0.05, 0.1) is 9.44 Å². The van der Waals surface area contributed by atoms with Gasteiger partial charge in [0, 0.05) is 10.9 Å². The minimum absolute atomic E-state index is 0.226. The fourth-order valence-corrected chi connectivity index (χ4v) is 8.97. The first-order valence-corrected chi connectivity index (χ1v) is 9.46. The highest BCUT2D eigenvalue weighted by atomic mass is 32.2. The topological polar surface area (TPSA) is 0 Å². The highest BCUT2D eigenvalue weighted by molar-refractivity contribution is 8.12. The van der Waals surface area contributed by atoms with Crippen LogP contribution in [0.1, 0.15) is 11.8 Å². The van der Waals surface area contributed by atoms with Gasteiger partial charge in [0.2, 0.25) is 0 Å². The van der Waals surface area contributed by atoms with Crippen molar-refractivity contribution in [2.24, 2.45) is 0 Å². The summed E-state index contributed by atoms with van der Waals surface area (Å²) in [7, 11) is -0.226. The fourth-order valence-electron chi connectivity index (χ4n) is 2.83. The Kier molecular flexibility index (Phi) is 2.73. The van der Waals surface area contributed by atoms with E-state index in [1.165, 1.54) is 15.1 Å². The summed E-state index contributed by atoms with van der Waals surface area (Å²) in [6.07, 6.45) is 2.49. The maximum Gasteiger partial charge on any atom is 0.174 e. The Morgan fingerprint density at radius 3 is 2.68 bits per heavy atom. The number of hydrogen-bond acceptors (Lipinski definition) is 2. The van der Waals surface area contributed by atoms with Gasteiger partial charge in [-0.15, -0.1) is 11.3 Å². The minimum Gasteiger partial charge on any atom is -0.135 e. The van der Waals surface area contributed by atoms with E-state index in [0.717, 1.165) is 0 Å². The quantitative estimate of drug-likeness (QED) is 0.709. The lowest BCUT2D eigenvalue weighted by Gasteiger charge is -1.99. The van der Waals surface area contributed by atoms with E-state index in [1.54, 1.807) is 14.4 Å². The molecule has 0 saturated heterocycles. The van der Waals surface area contributed by atoms with Crippen LogP contribution in [0.25, 0.3) is 4.91 Å². The summed E-state index contributed by atoms with van der Waals surface area (Å²) in [5.74, 6) is 0. The molecule has 0 saturated carbocycles. The lowest BCUT2D eigenvalue weighted by molar-refractivity contribution is 1.48. The van der Waals surface area contributed by atoms with E-state index < -0.39 is 0 Å². The third-order valence-electron chi connectivity index (χ3n) is 3.56. The van der Waals surface area contributed by atoms with Crippen molar-refractivity contribution < 1.29 is 0 Å². The second kappa shape index (κ2) is 4.34. The molecule has 0 aliphatic carbocycles. The monoisotopic (exact) mass is 301 g/mol. The van der Waals surface area contributed by atoms with Crippen molar-refractivity contribution in [3.8, 4) is 0 Å². The normalized spacial score (nSPS) is 22.4. The zero-order chi connectivity index (χ0) is 13.0. The molecule has 0 fully saturated rings. The molecule has 2 atom stereocenters. The van der Waals surface area contributed by atoms with Crippen LogP contribution in [-0.4, -0.2) is 5.66 Å². The van der Waals surface area contributed by atoms with Gasteiger partial charge < -0.3 is 0 Å². The standard InChI is InChI=1S/C16H14PS2/c1-10-8-13-15(18-10)16-14(9-11(2)19-16)17(13)12-6-4-3-5-7-12/h3-9,13H,1-2H3/q+1. The molecule has 19 heavy (non-hydrogen) atoms. The average molecular weight is 301 g/mol. The van der Waals surface area contributed by atoms with Crippen LogP contribution in [0.5, 0.6) is 0 Å². The van der Waals surface area contributed by atoms with Gasteiger partial charge in [-0.05, 0) is 37.0 Å². The van der Waals surface area contributed by atoms with Crippen molar-refractivity contribution in [3.63, 3.8) is 0 Å². The second-order valence-electron chi connectivity index (χ2n) is 4.97. The van der Waals surface area contributed by atoms with Crippen molar-refractivity contribution >= 4 is 40.9 Å². The summed E-state index contributed by atoms with van der Waals surface area (Å²) in [6, 6.07) is 13.5. The SMILES string of the molecule is CC1=CC2C(=c3sc(C)cc3=[P+]2c2ccccc2)S1. The first-order chi connectivity index (χ1) is 9.24. The number of thioether (sulfide) groups is 1. The van der Waals surface area contributed by atoms with E-state index in [-0.39, 0.29) is 7.55 Å². The van der Waals surface area contributed by atoms with Gasteiger partial charge in [-0.25, -0.2) is 0 Å². The van der Waals surface area contributed by atoms with Gasteiger partial charge in [0.1, 0.15) is 5.30 Å². The van der Waals surface area contributed by atoms with E-state index in [4.69, 9.17) is 0 Å². The molecule has 1 aromatic heterocycles. The van der Waals surface area contributed by atoms with Crippen LogP contribution in [0.2, 0.25) is 0 Å². The van der Waals surface area contributed by atoms with Crippen molar-refractivity contribution in [1.29, 1.82) is 0 Å². The lowest BCUT2D eigenvalue weighted by atomic mass is 10.3. The Morgan fingerprint density at radius 1 is 1.11 bits per heavy atom. The van der Waals surface area contributed by atoms with Gasteiger partial charge in [-0.1, -0.05) is 30.0 Å². The molecule has 2 aliphatic rings. The number of aryl methyl sites for hydroxylation is 1.